The number of thioether (sulfide) groups is 1. The molecule has 0 fully saturated rings. The number of rotatable bonds is 3. The van der Waals surface area contributed by atoms with E-state index in [2.05, 4.69) is 16.7 Å². The lowest BCUT2D eigenvalue weighted by molar-refractivity contribution is 0.476. The van der Waals surface area contributed by atoms with Gasteiger partial charge in [0.1, 0.15) is 5.75 Å². The van der Waals surface area contributed by atoms with Crippen LogP contribution in [0.1, 0.15) is 6.92 Å². The number of aromatic nitrogens is 3. The SMILES string of the molecule is C=C(C)n1nc(SC)nc1-c1ccccc1O. The minimum absolute atomic E-state index is 0.190. The molecule has 0 spiro atoms. The Morgan fingerprint density at radius 3 is 2.71 bits per heavy atom. The van der Waals surface area contributed by atoms with Gasteiger partial charge in [0.15, 0.2) is 5.82 Å². The third kappa shape index (κ3) is 2.19. The molecule has 0 amide bonds. The number of aromatic hydroxyl groups is 1. The highest BCUT2D eigenvalue weighted by molar-refractivity contribution is 7.98. The summed E-state index contributed by atoms with van der Waals surface area (Å²) in [5, 5.41) is 14.8. The Bertz CT molecular complexity index is 563. The van der Waals surface area contributed by atoms with Crippen molar-refractivity contribution in [2.24, 2.45) is 0 Å². The molecule has 0 saturated carbocycles. The van der Waals surface area contributed by atoms with Crippen molar-refractivity contribution >= 4 is 17.5 Å². The molecule has 0 aliphatic rings. The van der Waals surface area contributed by atoms with Gasteiger partial charge in [-0.1, -0.05) is 30.5 Å². The van der Waals surface area contributed by atoms with Crippen molar-refractivity contribution in [3.05, 3.63) is 30.8 Å². The summed E-state index contributed by atoms with van der Waals surface area (Å²) < 4.78 is 1.64. The molecule has 0 unspecified atom stereocenters. The zero-order valence-electron chi connectivity index (χ0n) is 9.71. The molecule has 0 aliphatic heterocycles. The Balaban J connectivity index is 2.62. The molecule has 0 radical (unpaired) electrons. The second-order valence-electron chi connectivity index (χ2n) is 3.59. The van der Waals surface area contributed by atoms with Crippen LogP contribution in [-0.4, -0.2) is 26.1 Å². The maximum atomic E-state index is 9.83. The molecular formula is C12H13N3OS. The number of benzene rings is 1. The third-order valence-electron chi connectivity index (χ3n) is 2.28. The molecule has 2 aromatic rings. The summed E-state index contributed by atoms with van der Waals surface area (Å²) in [6.45, 7) is 5.71. The van der Waals surface area contributed by atoms with E-state index in [0.29, 0.717) is 16.5 Å². The van der Waals surface area contributed by atoms with Crippen molar-refractivity contribution in [3.63, 3.8) is 0 Å². The highest BCUT2D eigenvalue weighted by Gasteiger charge is 2.14. The van der Waals surface area contributed by atoms with E-state index >= 15 is 0 Å². The van der Waals surface area contributed by atoms with E-state index in [-0.39, 0.29) is 5.75 Å². The van der Waals surface area contributed by atoms with Crippen LogP contribution in [0.4, 0.5) is 0 Å². The lowest BCUT2D eigenvalue weighted by Crippen LogP contribution is -1.98. The molecule has 0 atom stereocenters. The Labute approximate surface area is 104 Å². The smallest absolute Gasteiger partial charge is 0.209 e. The largest absolute Gasteiger partial charge is 0.507 e. The van der Waals surface area contributed by atoms with E-state index in [4.69, 9.17) is 0 Å². The van der Waals surface area contributed by atoms with Crippen LogP contribution in [0.25, 0.3) is 17.1 Å². The first kappa shape index (κ1) is 11.7. The molecule has 0 saturated heterocycles. The van der Waals surface area contributed by atoms with Gasteiger partial charge in [-0.2, -0.15) is 0 Å². The minimum Gasteiger partial charge on any atom is -0.507 e. The fourth-order valence-corrected chi connectivity index (χ4v) is 1.82. The predicted octanol–water partition coefficient (Wildman–Crippen LogP) is 2.86. The highest BCUT2D eigenvalue weighted by atomic mass is 32.2. The molecular weight excluding hydrogens is 234 g/mol. The van der Waals surface area contributed by atoms with Crippen LogP contribution >= 0.6 is 11.8 Å². The Hall–Kier alpha value is -1.75. The van der Waals surface area contributed by atoms with Gasteiger partial charge in [-0.25, -0.2) is 9.67 Å². The van der Waals surface area contributed by atoms with Gasteiger partial charge >= 0.3 is 0 Å². The average molecular weight is 247 g/mol. The molecule has 1 aromatic heterocycles. The molecule has 0 aliphatic carbocycles. The van der Waals surface area contributed by atoms with Crippen molar-refractivity contribution in [2.75, 3.05) is 6.26 Å². The first-order chi connectivity index (χ1) is 8.13. The quantitative estimate of drug-likeness (QED) is 0.847. The van der Waals surface area contributed by atoms with E-state index in [1.54, 1.807) is 16.8 Å². The van der Waals surface area contributed by atoms with Gasteiger partial charge in [0.2, 0.25) is 5.16 Å². The first-order valence-electron chi connectivity index (χ1n) is 5.08. The molecule has 5 heteroatoms. The van der Waals surface area contributed by atoms with Gasteiger partial charge in [-0.15, -0.1) is 5.10 Å². The second-order valence-corrected chi connectivity index (χ2v) is 4.36. The molecule has 0 bridgehead atoms. The Morgan fingerprint density at radius 1 is 1.41 bits per heavy atom. The number of phenolic OH excluding ortho intramolecular Hbond substituents is 1. The van der Waals surface area contributed by atoms with E-state index in [0.717, 1.165) is 5.70 Å². The number of nitrogens with zero attached hydrogens (tertiary/aromatic N) is 3. The Morgan fingerprint density at radius 2 is 2.12 bits per heavy atom. The molecule has 17 heavy (non-hydrogen) atoms. The zero-order chi connectivity index (χ0) is 12.4. The van der Waals surface area contributed by atoms with Crippen LogP contribution in [-0.2, 0) is 0 Å². The molecule has 2 rings (SSSR count). The summed E-state index contributed by atoms with van der Waals surface area (Å²) in [6.07, 6.45) is 1.91. The van der Waals surface area contributed by atoms with Crippen LogP contribution < -0.4 is 0 Å². The van der Waals surface area contributed by atoms with Crippen LogP contribution in [0.3, 0.4) is 0 Å². The van der Waals surface area contributed by atoms with Gasteiger partial charge in [0.25, 0.3) is 0 Å². The summed E-state index contributed by atoms with van der Waals surface area (Å²) in [6, 6.07) is 7.06. The summed E-state index contributed by atoms with van der Waals surface area (Å²) >= 11 is 1.46. The van der Waals surface area contributed by atoms with E-state index in [1.807, 2.05) is 25.3 Å². The highest BCUT2D eigenvalue weighted by Crippen LogP contribution is 2.29. The zero-order valence-corrected chi connectivity index (χ0v) is 10.5. The topological polar surface area (TPSA) is 50.9 Å². The lowest BCUT2D eigenvalue weighted by atomic mass is 10.2. The lowest BCUT2D eigenvalue weighted by Gasteiger charge is -2.05. The van der Waals surface area contributed by atoms with Gasteiger partial charge in [-0.3, -0.25) is 0 Å². The summed E-state index contributed by atoms with van der Waals surface area (Å²) in [5.74, 6) is 0.801. The first-order valence-corrected chi connectivity index (χ1v) is 6.31. The second kappa shape index (κ2) is 4.63. The molecule has 1 aromatic carbocycles. The molecule has 88 valence electrons. The van der Waals surface area contributed by atoms with Crippen molar-refractivity contribution in [2.45, 2.75) is 12.1 Å². The normalized spacial score (nSPS) is 10.5. The molecule has 4 nitrogen and oxygen atoms in total. The van der Waals surface area contributed by atoms with Gasteiger partial charge in [-0.05, 0) is 25.3 Å². The van der Waals surface area contributed by atoms with E-state index in [1.165, 1.54) is 11.8 Å². The predicted molar refractivity (Wildman–Crippen MR) is 69.9 cm³/mol. The van der Waals surface area contributed by atoms with Gasteiger partial charge in [0.05, 0.1) is 5.56 Å². The van der Waals surface area contributed by atoms with Gasteiger partial charge in [0, 0.05) is 5.70 Å². The van der Waals surface area contributed by atoms with Gasteiger partial charge < -0.3 is 5.11 Å². The Kier molecular flexibility index (Phi) is 3.19. The van der Waals surface area contributed by atoms with Crippen molar-refractivity contribution in [1.82, 2.24) is 14.8 Å². The van der Waals surface area contributed by atoms with Crippen LogP contribution in [0.5, 0.6) is 5.75 Å². The molecule has 1 heterocycles. The number of hydrogen-bond donors (Lipinski definition) is 1. The fourth-order valence-electron chi connectivity index (χ4n) is 1.48. The van der Waals surface area contributed by atoms with Crippen LogP contribution in [0.15, 0.2) is 36.0 Å². The van der Waals surface area contributed by atoms with Crippen molar-refractivity contribution < 1.29 is 5.11 Å². The number of hydrogen-bond acceptors (Lipinski definition) is 4. The van der Waals surface area contributed by atoms with Crippen LogP contribution in [0.2, 0.25) is 0 Å². The van der Waals surface area contributed by atoms with E-state index < -0.39 is 0 Å². The van der Waals surface area contributed by atoms with Crippen molar-refractivity contribution in [3.8, 4) is 17.1 Å². The number of allylic oxidation sites excluding steroid dienone is 1. The van der Waals surface area contributed by atoms with E-state index in [9.17, 15) is 5.11 Å². The monoisotopic (exact) mass is 247 g/mol. The summed E-state index contributed by atoms with van der Waals surface area (Å²) in [5.41, 5.74) is 1.42. The fraction of sp³-hybridized carbons (Fsp3) is 0.167. The number of phenols is 1. The minimum atomic E-state index is 0.190. The maximum Gasteiger partial charge on any atom is 0.209 e. The maximum absolute atomic E-state index is 9.83. The van der Waals surface area contributed by atoms with Crippen LogP contribution in [0, 0.1) is 0 Å². The average Bonchev–Trinajstić information content (AvgIpc) is 2.73. The summed E-state index contributed by atoms with van der Waals surface area (Å²) in [4.78, 5) is 4.38. The standard InChI is InChI=1S/C12H13N3OS/c1-8(2)15-11(13-12(14-15)17-3)9-6-4-5-7-10(9)16/h4-7,16H,1H2,2-3H3. The third-order valence-corrected chi connectivity index (χ3v) is 2.81. The molecule has 1 N–H and O–H groups in total. The van der Waals surface area contributed by atoms with Crippen molar-refractivity contribution in [1.29, 1.82) is 0 Å². The summed E-state index contributed by atoms with van der Waals surface area (Å²) in [7, 11) is 0. The number of para-hydroxylation sites is 1.